The molecular formula is C14H22N4S. The summed E-state index contributed by atoms with van der Waals surface area (Å²) in [5.74, 6) is 0.980. The largest absolute Gasteiger partial charge is 0.332 e. The van der Waals surface area contributed by atoms with Crippen LogP contribution in [0.1, 0.15) is 49.9 Å². The van der Waals surface area contributed by atoms with Crippen LogP contribution in [-0.2, 0) is 6.54 Å². The average molecular weight is 278 g/mol. The molecule has 19 heavy (non-hydrogen) atoms. The Labute approximate surface area is 118 Å². The van der Waals surface area contributed by atoms with Gasteiger partial charge in [-0.2, -0.15) is 0 Å². The highest BCUT2D eigenvalue weighted by Gasteiger charge is 2.16. The van der Waals surface area contributed by atoms with Crippen molar-refractivity contribution >= 4 is 11.3 Å². The molecule has 4 nitrogen and oxygen atoms in total. The average Bonchev–Trinajstić information content (AvgIpc) is 2.98. The van der Waals surface area contributed by atoms with Crippen molar-refractivity contribution in [1.29, 1.82) is 0 Å². The number of rotatable bonds is 6. The van der Waals surface area contributed by atoms with Gasteiger partial charge in [0.25, 0.3) is 0 Å². The summed E-state index contributed by atoms with van der Waals surface area (Å²) in [5.41, 5.74) is 7.38. The first kappa shape index (κ1) is 14.2. The van der Waals surface area contributed by atoms with Crippen LogP contribution in [0, 0.1) is 5.92 Å². The third kappa shape index (κ3) is 3.64. The topological polar surface area (TPSA) is 56.7 Å². The Kier molecular flexibility index (Phi) is 4.71. The Balaban J connectivity index is 2.07. The summed E-state index contributed by atoms with van der Waals surface area (Å²) in [7, 11) is 0. The van der Waals surface area contributed by atoms with Gasteiger partial charge in [0.15, 0.2) is 0 Å². The Morgan fingerprint density at radius 2 is 2.16 bits per heavy atom. The fraction of sp³-hybridized carbons (Fsp3) is 0.571. The SMILES string of the molecule is CC(C)CC(N)c1cncn1CC(C)c1nccs1. The lowest BCUT2D eigenvalue weighted by Crippen LogP contribution is -2.18. The maximum atomic E-state index is 6.26. The first-order chi connectivity index (χ1) is 9.08. The molecule has 0 saturated heterocycles. The van der Waals surface area contributed by atoms with E-state index in [9.17, 15) is 0 Å². The summed E-state index contributed by atoms with van der Waals surface area (Å²) in [5, 5.41) is 3.18. The van der Waals surface area contributed by atoms with Crippen LogP contribution >= 0.6 is 11.3 Å². The standard InChI is InChI=1S/C14H22N4S/c1-10(2)6-12(15)13-7-16-9-18(13)8-11(3)14-17-4-5-19-14/h4-5,7,9-12H,6,8,15H2,1-3H3. The fourth-order valence-electron chi connectivity index (χ4n) is 2.27. The molecule has 0 saturated carbocycles. The number of thiazole rings is 1. The molecule has 2 aromatic heterocycles. The lowest BCUT2D eigenvalue weighted by Gasteiger charge is -2.18. The van der Waals surface area contributed by atoms with E-state index in [-0.39, 0.29) is 6.04 Å². The third-order valence-corrected chi connectivity index (χ3v) is 4.20. The molecule has 2 aromatic rings. The summed E-state index contributed by atoms with van der Waals surface area (Å²) in [6.45, 7) is 7.46. The lowest BCUT2D eigenvalue weighted by atomic mass is 10.0. The molecule has 2 unspecified atom stereocenters. The number of aromatic nitrogens is 3. The number of hydrogen-bond donors (Lipinski definition) is 1. The van der Waals surface area contributed by atoms with Crippen LogP contribution in [0.2, 0.25) is 0 Å². The first-order valence-electron chi connectivity index (χ1n) is 6.73. The van der Waals surface area contributed by atoms with E-state index < -0.39 is 0 Å². The van der Waals surface area contributed by atoms with Crippen molar-refractivity contribution in [2.45, 2.75) is 45.7 Å². The minimum absolute atomic E-state index is 0.0611. The van der Waals surface area contributed by atoms with Crippen LogP contribution in [-0.4, -0.2) is 14.5 Å². The number of hydrogen-bond acceptors (Lipinski definition) is 4. The molecule has 0 amide bonds. The highest BCUT2D eigenvalue weighted by molar-refractivity contribution is 7.09. The molecule has 2 N–H and O–H groups in total. The lowest BCUT2D eigenvalue weighted by molar-refractivity contribution is 0.473. The second-order valence-corrected chi connectivity index (χ2v) is 6.40. The van der Waals surface area contributed by atoms with Crippen molar-refractivity contribution in [3.05, 3.63) is 34.8 Å². The summed E-state index contributed by atoms with van der Waals surface area (Å²) in [6.07, 6.45) is 6.61. The van der Waals surface area contributed by atoms with Crippen molar-refractivity contribution in [1.82, 2.24) is 14.5 Å². The second-order valence-electron chi connectivity index (χ2n) is 5.48. The molecule has 104 valence electrons. The number of nitrogens with zero attached hydrogens (tertiary/aromatic N) is 3. The van der Waals surface area contributed by atoms with E-state index in [1.807, 2.05) is 24.1 Å². The van der Waals surface area contributed by atoms with Gasteiger partial charge in [0, 0.05) is 36.3 Å². The van der Waals surface area contributed by atoms with Crippen LogP contribution in [0.3, 0.4) is 0 Å². The minimum Gasteiger partial charge on any atom is -0.332 e. The number of nitrogens with two attached hydrogens (primary N) is 1. The quantitative estimate of drug-likeness (QED) is 0.883. The zero-order valence-corrected chi connectivity index (χ0v) is 12.6. The van der Waals surface area contributed by atoms with Gasteiger partial charge in [-0.1, -0.05) is 20.8 Å². The normalized spacial score (nSPS) is 14.8. The molecule has 2 atom stereocenters. The van der Waals surface area contributed by atoms with E-state index in [2.05, 4.69) is 35.3 Å². The molecule has 2 rings (SSSR count). The monoisotopic (exact) mass is 278 g/mol. The van der Waals surface area contributed by atoms with E-state index in [1.54, 1.807) is 11.3 Å². The highest BCUT2D eigenvalue weighted by atomic mass is 32.1. The zero-order chi connectivity index (χ0) is 13.8. The summed E-state index contributed by atoms with van der Waals surface area (Å²) < 4.78 is 2.17. The van der Waals surface area contributed by atoms with Crippen LogP contribution < -0.4 is 5.73 Å². The molecule has 0 aliphatic carbocycles. The van der Waals surface area contributed by atoms with Gasteiger partial charge >= 0.3 is 0 Å². The van der Waals surface area contributed by atoms with Gasteiger partial charge in [-0.3, -0.25) is 0 Å². The molecule has 5 heteroatoms. The Hall–Kier alpha value is -1.20. The van der Waals surface area contributed by atoms with Crippen molar-refractivity contribution in [2.24, 2.45) is 11.7 Å². The molecule has 0 bridgehead atoms. The molecule has 2 heterocycles. The Morgan fingerprint density at radius 1 is 1.37 bits per heavy atom. The van der Waals surface area contributed by atoms with E-state index >= 15 is 0 Å². The predicted molar refractivity (Wildman–Crippen MR) is 79.1 cm³/mol. The van der Waals surface area contributed by atoms with Crippen molar-refractivity contribution in [3.63, 3.8) is 0 Å². The van der Waals surface area contributed by atoms with E-state index in [0.717, 1.165) is 23.7 Å². The van der Waals surface area contributed by atoms with Crippen LogP contribution in [0.5, 0.6) is 0 Å². The predicted octanol–water partition coefficient (Wildman–Crippen LogP) is 3.19. The highest BCUT2D eigenvalue weighted by Crippen LogP contribution is 2.23. The maximum Gasteiger partial charge on any atom is 0.0970 e. The van der Waals surface area contributed by atoms with Crippen LogP contribution in [0.4, 0.5) is 0 Å². The fourth-order valence-corrected chi connectivity index (χ4v) is 2.96. The van der Waals surface area contributed by atoms with E-state index in [4.69, 9.17) is 5.73 Å². The minimum atomic E-state index is 0.0611. The molecule has 0 aromatic carbocycles. The Morgan fingerprint density at radius 3 is 2.79 bits per heavy atom. The zero-order valence-electron chi connectivity index (χ0n) is 11.8. The van der Waals surface area contributed by atoms with Crippen LogP contribution in [0.25, 0.3) is 0 Å². The first-order valence-corrected chi connectivity index (χ1v) is 7.61. The van der Waals surface area contributed by atoms with Crippen LogP contribution in [0.15, 0.2) is 24.1 Å². The molecular weight excluding hydrogens is 256 g/mol. The maximum absolute atomic E-state index is 6.26. The summed E-state index contributed by atoms with van der Waals surface area (Å²) >= 11 is 1.70. The van der Waals surface area contributed by atoms with E-state index in [1.165, 1.54) is 0 Å². The van der Waals surface area contributed by atoms with Gasteiger partial charge in [-0.25, -0.2) is 9.97 Å². The summed E-state index contributed by atoms with van der Waals surface area (Å²) in [4.78, 5) is 8.62. The molecule has 0 aliphatic heterocycles. The Bertz CT molecular complexity index is 489. The number of imidazole rings is 1. The van der Waals surface area contributed by atoms with Gasteiger partial charge in [-0.05, 0) is 12.3 Å². The van der Waals surface area contributed by atoms with Crippen molar-refractivity contribution < 1.29 is 0 Å². The van der Waals surface area contributed by atoms with Gasteiger partial charge in [-0.15, -0.1) is 11.3 Å². The molecule has 0 fully saturated rings. The third-order valence-electron chi connectivity index (χ3n) is 3.19. The van der Waals surface area contributed by atoms with Crippen molar-refractivity contribution in [2.75, 3.05) is 0 Å². The molecule has 0 aliphatic rings. The van der Waals surface area contributed by atoms with Gasteiger partial charge in [0.2, 0.25) is 0 Å². The molecule has 0 spiro atoms. The van der Waals surface area contributed by atoms with E-state index in [0.29, 0.717) is 11.8 Å². The molecule has 0 radical (unpaired) electrons. The smallest absolute Gasteiger partial charge is 0.0970 e. The van der Waals surface area contributed by atoms with Gasteiger partial charge in [0.1, 0.15) is 0 Å². The van der Waals surface area contributed by atoms with Gasteiger partial charge in [0.05, 0.1) is 17.0 Å². The van der Waals surface area contributed by atoms with Crippen molar-refractivity contribution in [3.8, 4) is 0 Å². The summed E-state index contributed by atoms with van der Waals surface area (Å²) in [6, 6.07) is 0.0611. The second kappa shape index (κ2) is 6.30. The van der Waals surface area contributed by atoms with Gasteiger partial charge < -0.3 is 10.3 Å².